The van der Waals surface area contributed by atoms with Crippen molar-refractivity contribution in [1.82, 2.24) is 15.2 Å². The van der Waals surface area contributed by atoms with E-state index in [1.807, 2.05) is 0 Å². The summed E-state index contributed by atoms with van der Waals surface area (Å²) in [5.74, 6) is -2.82. The number of rotatable bonds is 8. The number of aromatic carboxylic acids is 1. The van der Waals surface area contributed by atoms with Gasteiger partial charge in [0.2, 0.25) is 5.91 Å². The molecule has 2 aliphatic rings. The Bertz CT molecular complexity index is 815. The smallest absolute Gasteiger partial charge is 0.355 e. The molecule has 1 unspecified atom stereocenters. The number of halogens is 2. The molecular formula is C18H21F2N3O4S2. The molecule has 0 radical (unpaired) electrons. The summed E-state index contributed by atoms with van der Waals surface area (Å²) in [4.78, 5) is 28.9. The van der Waals surface area contributed by atoms with Crippen LogP contribution >= 0.6 is 23.1 Å². The molecule has 2 heterocycles. The fraction of sp³-hybridized carbons (Fsp3) is 0.500. The number of hydrogen-bond donors (Lipinski definition) is 2. The second kappa shape index (κ2) is 10.3. The summed E-state index contributed by atoms with van der Waals surface area (Å²) in [5, 5.41) is 13.1. The molecule has 1 aromatic heterocycles. The van der Waals surface area contributed by atoms with Crippen molar-refractivity contribution >= 4 is 35.0 Å². The molecule has 7 nitrogen and oxygen atoms in total. The standard InChI is InChI=1S/C18H21F2N3O4S2/c19-13-2-1-11(5-14(13)20)7-23-3-4-27-12(8-23)6-21-16(24)10-29-18-22-15(9-28-18)17(25)26/h2,5,9,11-12H,1,3-4,6-8,10H2,(H,21,24)(H,25,26)/t11?,12-/m0/s1. The molecule has 2 N–H and O–H groups in total. The third-order valence-electron chi connectivity index (χ3n) is 4.48. The number of amides is 1. The first-order chi connectivity index (χ1) is 13.9. The van der Waals surface area contributed by atoms with Crippen LogP contribution in [0.3, 0.4) is 0 Å². The average Bonchev–Trinajstić information content (AvgIpc) is 3.17. The lowest BCUT2D eigenvalue weighted by molar-refractivity contribution is -0.119. The summed E-state index contributed by atoms with van der Waals surface area (Å²) in [6, 6.07) is 0. The number of ether oxygens (including phenoxy) is 1. The predicted molar refractivity (Wildman–Crippen MR) is 105 cm³/mol. The van der Waals surface area contributed by atoms with Gasteiger partial charge in [-0.25, -0.2) is 18.6 Å². The normalized spacial score (nSPS) is 22.7. The Morgan fingerprint density at radius 3 is 2.97 bits per heavy atom. The molecule has 1 aliphatic carbocycles. The van der Waals surface area contributed by atoms with Crippen LogP contribution in [0.5, 0.6) is 0 Å². The number of thioether (sulfide) groups is 1. The van der Waals surface area contributed by atoms with Crippen LogP contribution in [0.25, 0.3) is 0 Å². The number of nitrogens with one attached hydrogen (secondary N) is 1. The Morgan fingerprint density at radius 1 is 1.41 bits per heavy atom. The third-order valence-corrected chi connectivity index (χ3v) is 6.50. The number of carbonyl (C=O) groups is 2. The van der Waals surface area contributed by atoms with Crippen LogP contribution in [0.15, 0.2) is 33.5 Å². The first-order valence-electron chi connectivity index (χ1n) is 9.06. The van der Waals surface area contributed by atoms with Gasteiger partial charge in [0, 0.05) is 31.6 Å². The van der Waals surface area contributed by atoms with Crippen molar-refractivity contribution < 1.29 is 28.2 Å². The zero-order chi connectivity index (χ0) is 20.8. The minimum Gasteiger partial charge on any atom is -0.476 e. The van der Waals surface area contributed by atoms with Crippen molar-refractivity contribution in [2.75, 3.05) is 38.5 Å². The Balaban J connectivity index is 1.37. The van der Waals surface area contributed by atoms with E-state index in [9.17, 15) is 18.4 Å². The molecule has 29 heavy (non-hydrogen) atoms. The highest BCUT2D eigenvalue weighted by Crippen LogP contribution is 2.26. The molecule has 11 heteroatoms. The number of carboxylic acids is 1. The van der Waals surface area contributed by atoms with Gasteiger partial charge in [-0.1, -0.05) is 11.8 Å². The van der Waals surface area contributed by atoms with Crippen molar-refractivity contribution in [3.63, 3.8) is 0 Å². The Labute approximate surface area is 174 Å². The summed E-state index contributed by atoms with van der Waals surface area (Å²) in [6.07, 6.45) is 2.89. The maximum atomic E-state index is 13.4. The highest BCUT2D eigenvalue weighted by molar-refractivity contribution is 8.01. The summed E-state index contributed by atoms with van der Waals surface area (Å²) < 4.78 is 32.7. The predicted octanol–water partition coefficient (Wildman–Crippen LogP) is 2.48. The van der Waals surface area contributed by atoms with Crippen LogP contribution in [0.2, 0.25) is 0 Å². The van der Waals surface area contributed by atoms with E-state index in [4.69, 9.17) is 9.84 Å². The highest BCUT2D eigenvalue weighted by Gasteiger charge is 2.24. The van der Waals surface area contributed by atoms with Crippen LogP contribution < -0.4 is 5.32 Å². The minimum atomic E-state index is -1.09. The number of morpholine rings is 1. The fourth-order valence-electron chi connectivity index (χ4n) is 3.06. The second-order valence-electron chi connectivity index (χ2n) is 6.71. The fourth-order valence-corrected chi connectivity index (χ4v) is 4.69. The quantitative estimate of drug-likeness (QED) is 0.594. The Kier molecular flexibility index (Phi) is 7.76. The van der Waals surface area contributed by atoms with Crippen LogP contribution in [0, 0.1) is 5.92 Å². The molecule has 0 saturated carbocycles. The van der Waals surface area contributed by atoms with Gasteiger partial charge in [-0.05, 0) is 24.5 Å². The number of allylic oxidation sites excluding steroid dienone is 3. The van der Waals surface area contributed by atoms with E-state index in [1.165, 1.54) is 40.6 Å². The topological polar surface area (TPSA) is 91.8 Å². The maximum Gasteiger partial charge on any atom is 0.355 e. The lowest BCUT2D eigenvalue weighted by Crippen LogP contribution is -2.48. The van der Waals surface area contributed by atoms with Crippen molar-refractivity contribution in [1.29, 1.82) is 0 Å². The monoisotopic (exact) mass is 445 g/mol. The van der Waals surface area contributed by atoms with Crippen LogP contribution in [0.1, 0.15) is 16.9 Å². The molecule has 1 aromatic rings. The lowest BCUT2D eigenvalue weighted by atomic mass is 9.99. The molecule has 1 fully saturated rings. The molecule has 1 aliphatic heterocycles. The summed E-state index contributed by atoms with van der Waals surface area (Å²) in [6.45, 7) is 2.76. The van der Waals surface area contributed by atoms with Gasteiger partial charge in [-0.15, -0.1) is 11.3 Å². The van der Waals surface area contributed by atoms with Gasteiger partial charge in [-0.2, -0.15) is 0 Å². The summed E-state index contributed by atoms with van der Waals surface area (Å²) in [5.41, 5.74) is -0.0282. The third kappa shape index (κ3) is 6.59. The molecule has 2 atom stereocenters. The zero-order valence-electron chi connectivity index (χ0n) is 15.5. The summed E-state index contributed by atoms with van der Waals surface area (Å²) in [7, 11) is 0. The van der Waals surface area contributed by atoms with Crippen LogP contribution in [-0.2, 0) is 9.53 Å². The molecule has 0 aromatic carbocycles. The molecular weight excluding hydrogens is 424 g/mol. The van der Waals surface area contributed by atoms with Gasteiger partial charge in [0.15, 0.2) is 21.7 Å². The van der Waals surface area contributed by atoms with Crippen molar-refractivity contribution in [3.05, 3.63) is 34.9 Å². The molecule has 1 amide bonds. The molecule has 158 valence electrons. The van der Waals surface area contributed by atoms with E-state index < -0.39 is 17.6 Å². The van der Waals surface area contributed by atoms with Crippen LogP contribution in [-0.4, -0.2) is 71.5 Å². The van der Waals surface area contributed by atoms with E-state index in [1.54, 1.807) is 0 Å². The van der Waals surface area contributed by atoms with E-state index >= 15 is 0 Å². The van der Waals surface area contributed by atoms with E-state index in [2.05, 4.69) is 15.2 Å². The molecule has 0 spiro atoms. The number of carbonyl (C=O) groups excluding carboxylic acids is 1. The number of hydrogen-bond acceptors (Lipinski definition) is 7. The van der Waals surface area contributed by atoms with Gasteiger partial charge in [0.1, 0.15) is 0 Å². The highest BCUT2D eigenvalue weighted by atomic mass is 32.2. The van der Waals surface area contributed by atoms with E-state index in [0.717, 1.165) is 0 Å². The van der Waals surface area contributed by atoms with Crippen molar-refractivity contribution in [2.24, 2.45) is 5.92 Å². The van der Waals surface area contributed by atoms with Gasteiger partial charge < -0.3 is 15.2 Å². The molecule has 3 rings (SSSR count). The number of nitrogens with zero attached hydrogens (tertiary/aromatic N) is 2. The van der Waals surface area contributed by atoms with Crippen molar-refractivity contribution in [2.45, 2.75) is 16.9 Å². The van der Waals surface area contributed by atoms with E-state index in [0.29, 0.717) is 43.5 Å². The number of carboxylic acid groups (broad SMARTS) is 1. The van der Waals surface area contributed by atoms with Gasteiger partial charge >= 0.3 is 5.97 Å². The second-order valence-corrected chi connectivity index (χ2v) is 8.79. The maximum absolute atomic E-state index is 13.4. The first-order valence-corrected chi connectivity index (χ1v) is 10.9. The number of aromatic nitrogens is 1. The molecule has 1 saturated heterocycles. The Hall–Kier alpha value is -1.82. The average molecular weight is 446 g/mol. The SMILES string of the molecule is O=C(CSc1nc(C(=O)O)cs1)NC[C@H]1CN(CC2C=C(F)C(F)=CC2)CCO1. The largest absolute Gasteiger partial charge is 0.476 e. The lowest BCUT2D eigenvalue weighted by Gasteiger charge is -2.34. The number of thiazole rings is 1. The minimum absolute atomic E-state index is 0.0282. The first kappa shape index (κ1) is 21.9. The molecule has 0 bridgehead atoms. The zero-order valence-corrected chi connectivity index (χ0v) is 17.1. The Morgan fingerprint density at radius 2 is 2.24 bits per heavy atom. The van der Waals surface area contributed by atoms with Gasteiger partial charge in [0.05, 0.1) is 18.5 Å². The van der Waals surface area contributed by atoms with Gasteiger partial charge in [-0.3, -0.25) is 9.69 Å². The van der Waals surface area contributed by atoms with Gasteiger partial charge in [0.25, 0.3) is 0 Å². The van der Waals surface area contributed by atoms with E-state index in [-0.39, 0.29) is 29.4 Å². The summed E-state index contributed by atoms with van der Waals surface area (Å²) >= 11 is 2.36. The van der Waals surface area contributed by atoms with Crippen molar-refractivity contribution in [3.8, 4) is 0 Å². The van der Waals surface area contributed by atoms with Crippen LogP contribution in [0.4, 0.5) is 8.78 Å².